The van der Waals surface area contributed by atoms with E-state index in [0.717, 1.165) is 41.5 Å². The highest BCUT2D eigenvalue weighted by atomic mass is 32.2. The van der Waals surface area contributed by atoms with Crippen LogP contribution in [0.3, 0.4) is 0 Å². The fraction of sp³-hybridized carbons (Fsp3) is 0.429. The van der Waals surface area contributed by atoms with Crippen molar-refractivity contribution in [1.82, 2.24) is 4.31 Å². The maximum absolute atomic E-state index is 13.4. The second kappa shape index (κ2) is 6.93. The largest absolute Gasteiger partial charge is 0.243 e. The van der Waals surface area contributed by atoms with Crippen molar-refractivity contribution in [2.75, 3.05) is 6.54 Å². The van der Waals surface area contributed by atoms with Crippen LogP contribution in [0.5, 0.6) is 0 Å². The maximum Gasteiger partial charge on any atom is 0.243 e. The Balaban J connectivity index is 2.05. The molecule has 0 radical (unpaired) electrons. The summed E-state index contributed by atoms with van der Waals surface area (Å²) in [4.78, 5) is 0.453. The van der Waals surface area contributed by atoms with Gasteiger partial charge >= 0.3 is 0 Å². The first-order valence-electron chi connectivity index (χ1n) is 8.97. The number of piperidine rings is 1. The number of sulfonamides is 1. The zero-order valence-electron chi connectivity index (χ0n) is 15.5. The minimum absolute atomic E-state index is 0.0691. The molecule has 3 rings (SSSR count). The standard InChI is InChI=1S/C21H27NO2S/c1-15-8-10-19(11-9-15)20-7-5-6-12-22(20)25(23,24)21-14-17(3)16(2)13-18(21)4/h8-11,13-14,20H,5-7,12H2,1-4H3/t20-/m0/s1. The van der Waals surface area contributed by atoms with Gasteiger partial charge in [0, 0.05) is 6.54 Å². The van der Waals surface area contributed by atoms with E-state index in [4.69, 9.17) is 0 Å². The summed E-state index contributed by atoms with van der Waals surface area (Å²) in [6.45, 7) is 8.53. The first-order chi connectivity index (χ1) is 11.8. The third-order valence-corrected chi connectivity index (χ3v) is 7.34. The molecule has 0 unspecified atom stereocenters. The second-order valence-electron chi connectivity index (χ2n) is 7.24. The highest BCUT2D eigenvalue weighted by Gasteiger charge is 2.35. The van der Waals surface area contributed by atoms with E-state index in [0.29, 0.717) is 11.4 Å². The molecule has 4 heteroatoms. The van der Waals surface area contributed by atoms with Crippen LogP contribution < -0.4 is 0 Å². The predicted molar refractivity (Wildman–Crippen MR) is 102 cm³/mol. The number of aryl methyl sites for hydroxylation is 4. The molecule has 25 heavy (non-hydrogen) atoms. The summed E-state index contributed by atoms with van der Waals surface area (Å²) in [7, 11) is -3.51. The Kier molecular flexibility index (Phi) is 5.03. The zero-order valence-corrected chi connectivity index (χ0v) is 16.4. The second-order valence-corrected chi connectivity index (χ2v) is 9.10. The molecule has 1 aliphatic rings. The molecule has 1 heterocycles. The van der Waals surface area contributed by atoms with E-state index in [1.165, 1.54) is 5.56 Å². The Labute approximate surface area is 151 Å². The van der Waals surface area contributed by atoms with E-state index in [1.807, 2.05) is 32.9 Å². The summed E-state index contributed by atoms with van der Waals surface area (Å²) < 4.78 is 28.6. The third kappa shape index (κ3) is 3.51. The average Bonchev–Trinajstić information content (AvgIpc) is 2.58. The Bertz CT molecular complexity index is 870. The van der Waals surface area contributed by atoms with Gasteiger partial charge in [-0.3, -0.25) is 0 Å². The van der Waals surface area contributed by atoms with E-state index >= 15 is 0 Å². The van der Waals surface area contributed by atoms with Crippen LogP contribution in [-0.4, -0.2) is 19.3 Å². The van der Waals surface area contributed by atoms with Crippen LogP contribution in [0, 0.1) is 27.7 Å². The van der Waals surface area contributed by atoms with Crippen molar-refractivity contribution in [3.63, 3.8) is 0 Å². The third-order valence-electron chi connectivity index (χ3n) is 5.29. The van der Waals surface area contributed by atoms with Crippen LogP contribution in [-0.2, 0) is 10.0 Å². The van der Waals surface area contributed by atoms with Gasteiger partial charge in [0.05, 0.1) is 10.9 Å². The minimum Gasteiger partial charge on any atom is -0.207 e. The predicted octanol–water partition coefficient (Wildman–Crippen LogP) is 4.84. The molecular formula is C21H27NO2S. The zero-order chi connectivity index (χ0) is 18.2. The lowest BCUT2D eigenvalue weighted by molar-refractivity contribution is 0.256. The molecule has 2 aromatic rings. The summed E-state index contributed by atoms with van der Waals surface area (Å²) in [5.74, 6) is 0. The average molecular weight is 358 g/mol. The van der Waals surface area contributed by atoms with E-state index in [9.17, 15) is 8.42 Å². The summed E-state index contributed by atoms with van der Waals surface area (Å²) in [6.07, 6.45) is 2.87. The monoisotopic (exact) mass is 357 g/mol. The van der Waals surface area contributed by atoms with Gasteiger partial charge in [0.15, 0.2) is 0 Å². The number of rotatable bonds is 3. The number of hydrogen-bond donors (Lipinski definition) is 0. The van der Waals surface area contributed by atoms with Gasteiger partial charge in [0.25, 0.3) is 0 Å². The van der Waals surface area contributed by atoms with Crippen molar-refractivity contribution in [3.05, 3.63) is 64.2 Å². The highest BCUT2D eigenvalue weighted by molar-refractivity contribution is 7.89. The molecule has 3 nitrogen and oxygen atoms in total. The molecule has 0 spiro atoms. The van der Waals surface area contributed by atoms with Gasteiger partial charge in [-0.05, 0) is 68.9 Å². The van der Waals surface area contributed by atoms with Crippen molar-refractivity contribution >= 4 is 10.0 Å². The molecule has 0 N–H and O–H groups in total. The lowest BCUT2D eigenvalue weighted by atomic mass is 9.97. The topological polar surface area (TPSA) is 37.4 Å². The van der Waals surface area contributed by atoms with Crippen LogP contribution in [0.15, 0.2) is 41.3 Å². The fourth-order valence-electron chi connectivity index (χ4n) is 3.65. The first-order valence-corrected chi connectivity index (χ1v) is 10.4. The lowest BCUT2D eigenvalue weighted by Crippen LogP contribution is -2.38. The molecule has 1 atom stereocenters. The molecular weight excluding hydrogens is 330 g/mol. The molecule has 0 aliphatic carbocycles. The van der Waals surface area contributed by atoms with Gasteiger partial charge in [-0.1, -0.05) is 42.3 Å². The van der Waals surface area contributed by atoms with Crippen molar-refractivity contribution in [3.8, 4) is 0 Å². The van der Waals surface area contributed by atoms with E-state index in [-0.39, 0.29) is 6.04 Å². The first kappa shape index (κ1) is 18.2. The summed E-state index contributed by atoms with van der Waals surface area (Å²) in [5, 5.41) is 0. The van der Waals surface area contributed by atoms with Crippen LogP contribution >= 0.6 is 0 Å². The van der Waals surface area contributed by atoms with Crippen LogP contribution in [0.1, 0.15) is 53.1 Å². The Hall–Kier alpha value is -1.65. The van der Waals surface area contributed by atoms with Gasteiger partial charge < -0.3 is 0 Å². The van der Waals surface area contributed by atoms with Crippen LogP contribution in [0.2, 0.25) is 0 Å². The Morgan fingerprint density at radius 3 is 2.20 bits per heavy atom. The maximum atomic E-state index is 13.4. The normalized spacial score (nSPS) is 19.1. The molecule has 0 amide bonds. The number of hydrogen-bond acceptors (Lipinski definition) is 2. The van der Waals surface area contributed by atoms with E-state index in [1.54, 1.807) is 4.31 Å². The molecule has 0 saturated carbocycles. The summed E-state index contributed by atoms with van der Waals surface area (Å²) >= 11 is 0. The minimum atomic E-state index is -3.51. The smallest absolute Gasteiger partial charge is 0.207 e. The quantitative estimate of drug-likeness (QED) is 0.788. The molecule has 0 aromatic heterocycles. The van der Waals surface area contributed by atoms with Gasteiger partial charge in [0.2, 0.25) is 10.0 Å². The molecule has 134 valence electrons. The summed E-state index contributed by atoms with van der Waals surface area (Å²) in [5.41, 5.74) is 5.27. The van der Waals surface area contributed by atoms with Crippen molar-refractivity contribution in [1.29, 1.82) is 0 Å². The molecule has 1 fully saturated rings. The lowest BCUT2D eigenvalue weighted by Gasteiger charge is -2.35. The van der Waals surface area contributed by atoms with Crippen molar-refractivity contribution < 1.29 is 8.42 Å². The van der Waals surface area contributed by atoms with Gasteiger partial charge in [-0.2, -0.15) is 4.31 Å². The Morgan fingerprint density at radius 2 is 1.52 bits per heavy atom. The molecule has 2 aromatic carbocycles. The number of benzene rings is 2. The van der Waals surface area contributed by atoms with E-state index in [2.05, 4.69) is 31.2 Å². The number of nitrogens with zero attached hydrogens (tertiary/aromatic N) is 1. The SMILES string of the molecule is Cc1ccc([C@@H]2CCCCN2S(=O)(=O)c2cc(C)c(C)cc2C)cc1. The van der Waals surface area contributed by atoms with Crippen molar-refractivity contribution in [2.24, 2.45) is 0 Å². The van der Waals surface area contributed by atoms with Gasteiger partial charge in [0.1, 0.15) is 0 Å². The van der Waals surface area contributed by atoms with E-state index < -0.39 is 10.0 Å². The summed E-state index contributed by atoms with van der Waals surface area (Å²) in [6, 6.07) is 12.0. The van der Waals surface area contributed by atoms with Crippen LogP contribution in [0.4, 0.5) is 0 Å². The molecule has 0 bridgehead atoms. The molecule has 1 aliphatic heterocycles. The van der Waals surface area contributed by atoms with Gasteiger partial charge in [-0.15, -0.1) is 0 Å². The molecule has 1 saturated heterocycles. The van der Waals surface area contributed by atoms with Crippen LogP contribution in [0.25, 0.3) is 0 Å². The van der Waals surface area contributed by atoms with Gasteiger partial charge in [-0.25, -0.2) is 8.42 Å². The Morgan fingerprint density at radius 1 is 0.880 bits per heavy atom. The highest BCUT2D eigenvalue weighted by Crippen LogP contribution is 2.36. The fourth-order valence-corrected chi connectivity index (χ4v) is 5.63. The van der Waals surface area contributed by atoms with Crippen molar-refractivity contribution in [2.45, 2.75) is 57.9 Å².